The number of anilines is 1. The standard InChI is InChI=1S/C16H14N6O/c1-22-16-12(10-19-22)14(18-9-11-5-4-8-23-11)20-15(21-16)13-6-2-3-7-17-13/h2-8,10H,9H2,1H3,(H,18,20,21). The molecule has 4 rings (SSSR count). The van der Waals surface area contributed by atoms with Gasteiger partial charge in [-0.1, -0.05) is 6.07 Å². The van der Waals surface area contributed by atoms with E-state index in [4.69, 9.17) is 4.42 Å². The minimum absolute atomic E-state index is 0.537. The van der Waals surface area contributed by atoms with Crippen molar-refractivity contribution in [2.45, 2.75) is 6.54 Å². The summed E-state index contributed by atoms with van der Waals surface area (Å²) in [5.41, 5.74) is 1.47. The number of rotatable bonds is 4. The van der Waals surface area contributed by atoms with Crippen molar-refractivity contribution >= 4 is 16.9 Å². The highest BCUT2D eigenvalue weighted by molar-refractivity contribution is 5.87. The molecule has 0 aliphatic rings. The van der Waals surface area contributed by atoms with Crippen LogP contribution in [0.2, 0.25) is 0 Å². The Balaban J connectivity index is 1.78. The molecule has 0 amide bonds. The van der Waals surface area contributed by atoms with E-state index in [-0.39, 0.29) is 0 Å². The predicted molar refractivity (Wildman–Crippen MR) is 85.6 cm³/mol. The van der Waals surface area contributed by atoms with Crippen LogP contribution in [0.15, 0.2) is 53.4 Å². The predicted octanol–water partition coefficient (Wildman–Crippen LogP) is 2.63. The minimum atomic E-state index is 0.537. The van der Waals surface area contributed by atoms with Crippen LogP contribution in [-0.2, 0) is 13.6 Å². The number of aryl methyl sites for hydroxylation is 1. The molecule has 0 unspecified atom stereocenters. The summed E-state index contributed by atoms with van der Waals surface area (Å²) >= 11 is 0. The maximum Gasteiger partial charge on any atom is 0.182 e. The molecule has 4 aromatic heterocycles. The second-order valence-electron chi connectivity index (χ2n) is 5.05. The van der Waals surface area contributed by atoms with E-state index < -0.39 is 0 Å². The number of nitrogens with one attached hydrogen (secondary N) is 1. The van der Waals surface area contributed by atoms with Gasteiger partial charge < -0.3 is 9.73 Å². The van der Waals surface area contributed by atoms with Crippen LogP contribution in [0.3, 0.4) is 0 Å². The number of aromatic nitrogens is 5. The molecule has 0 fully saturated rings. The largest absolute Gasteiger partial charge is 0.467 e. The lowest BCUT2D eigenvalue weighted by molar-refractivity contribution is 0.518. The van der Waals surface area contributed by atoms with Crippen LogP contribution in [0.4, 0.5) is 5.82 Å². The van der Waals surface area contributed by atoms with E-state index in [0.29, 0.717) is 18.2 Å². The van der Waals surface area contributed by atoms with Gasteiger partial charge in [0.2, 0.25) is 0 Å². The lowest BCUT2D eigenvalue weighted by atomic mass is 10.3. The number of pyridine rings is 1. The van der Waals surface area contributed by atoms with Crippen molar-refractivity contribution in [1.82, 2.24) is 24.7 Å². The summed E-state index contributed by atoms with van der Waals surface area (Å²) < 4.78 is 7.07. The summed E-state index contributed by atoms with van der Waals surface area (Å²) in [5, 5.41) is 8.41. The van der Waals surface area contributed by atoms with Crippen LogP contribution in [0.25, 0.3) is 22.6 Å². The van der Waals surface area contributed by atoms with Gasteiger partial charge in [0.15, 0.2) is 11.5 Å². The van der Waals surface area contributed by atoms with Crippen LogP contribution < -0.4 is 5.32 Å². The molecule has 0 radical (unpaired) electrons. The van der Waals surface area contributed by atoms with Crippen LogP contribution in [0, 0.1) is 0 Å². The van der Waals surface area contributed by atoms with E-state index in [0.717, 1.165) is 22.5 Å². The van der Waals surface area contributed by atoms with Crippen molar-refractivity contribution in [2.75, 3.05) is 5.32 Å². The zero-order chi connectivity index (χ0) is 15.6. The molecule has 23 heavy (non-hydrogen) atoms. The number of hydrogen-bond donors (Lipinski definition) is 1. The molecule has 114 valence electrons. The van der Waals surface area contributed by atoms with Crippen molar-refractivity contribution in [3.8, 4) is 11.5 Å². The normalized spacial score (nSPS) is 11.0. The molecular formula is C16H14N6O. The molecule has 0 bridgehead atoms. The van der Waals surface area contributed by atoms with Gasteiger partial charge in [-0.05, 0) is 24.3 Å². The second kappa shape index (κ2) is 5.53. The average molecular weight is 306 g/mol. The summed E-state index contributed by atoms with van der Waals surface area (Å²) in [5.74, 6) is 2.10. The van der Waals surface area contributed by atoms with E-state index in [2.05, 4.69) is 25.4 Å². The van der Waals surface area contributed by atoms with Crippen LogP contribution in [0.1, 0.15) is 5.76 Å². The van der Waals surface area contributed by atoms with Crippen LogP contribution in [-0.4, -0.2) is 24.7 Å². The Hall–Kier alpha value is -3.22. The SMILES string of the molecule is Cn1ncc2c(NCc3ccco3)nc(-c3ccccn3)nc21. The highest BCUT2D eigenvalue weighted by Crippen LogP contribution is 2.24. The van der Waals surface area contributed by atoms with Gasteiger partial charge in [-0.3, -0.25) is 9.67 Å². The Kier molecular flexibility index (Phi) is 3.23. The first-order valence-corrected chi connectivity index (χ1v) is 7.18. The second-order valence-corrected chi connectivity index (χ2v) is 5.05. The average Bonchev–Trinajstić information content (AvgIpc) is 3.24. The molecule has 0 aromatic carbocycles. The molecule has 0 saturated carbocycles. The highest BCUT2D eigenvalue weighted by Gasteiger charge is 2.13. The van der Waals surface area contributed by atoms with Gasteiger partial charge in [0.05, 0.1) is 24.4 Å². The molecule has 1 N–H and O–H groups in total. The molecule has 7 nitrogen and oxygen atoms in total. The Bertz CT molecular complexity index is 930. The number of fused-ring (bicyclic) bond motifs is 1. The number of furan rings is 1. The van der Waals surface area contributed by atoms with E-state index >= 15 is 0 Å². The Morgan fingerprint density at radius 3 is 2.91 bits per heavy atom. The number of hydrogen-bond acceptors (Lipinski definition) is 6. The monoisotopic (exact) mass is 306 g/mol. The van der Waals surface area contributed by atoms with Crippen molar-refractivity contribution < 1.29 is 4.42 Å². The minimum Gasteiger partial charge on any atom is -0.467 e. The van der Waals surface area contributed by atoms with E-state index in [1.165, 1.54) is 0 Å². The summed E-state index contributed by atoms with van der Waals surface area (Å²) in [6, 6.07) is 9.43. The summed E-state index contributed by atoms with van der Waals surface area (Å²) in [6.45, 7) is 0.537. The summed E-state index contributed by atoms with van der Waals surface area (Å²) in [6.07, 6.45) is 5.13. The smallest absolute Gasteiger partial charge is 0.182 e. The van der Waals surface area contributed by atoms with E-state index in [1.54, 1.807) is 23.3 Å². The number of nitrogens with zero attached hydrogens (tertiary/aromatic N) is 5. The van der Waals surface area contributed by atoms with Crippen molar-refractivity contribution in [3.05, 3.63) is 54.7 Å². The van der Waals surface area contributed by atoms with Crippen LogP contribution >= 0.6 is 0 Å². The molecule has 0 spiro atoms. The van der Waals surface area contributed by atoms with Gasteiger partial charge in [-0.15, -0.1) is 0 Å². The van der Waals surface area contributed by atoms with E-state index in [1.807, 2.05) is 37.4 Å². The maximum atomic E-state index is 5.35. The van der Waals surface area contributed by atoms with Gasteiger partial charge in [0.1, 0.15) is 17.3 Å². The topological polar surface area (TPSA) is 81.7 Å². The zero-order valence-electron chi connectivity index (χ0n) is 12.5. The first-order chi connectivity index (χ1) is 11.3. The first-order valence-electron chi connectivity index (χ1n) is 7.18. The van der Waals surface area contributed by atoms with Gasteiger partial charge in [-0.2, -0.15) is 5.10 Å². The van der Waals surface area contributed by atoms with Gasteiger partial charge >= 0.3 is 0 Å². The fourth-order valence-electron chi connectivity index (χ4n) is 2.35. The first kappa shape index (κ1) is 13.4. The molecule has 0 aliphatic heterocycles. The Morgan fingerprint density at radius 1 is 1.17 bits per heavy atom. The third kappa shape index (κ3) is 2.52. The molecule has 0 saturated heterocycles. The lowest BCUT2D eigenvalue weighted by Crippen LogP contribution is -2.04. The third-order valence-electron chi connectivity index (χ3n) is 3.50. The zero-order valence-corrected chi connectivity index (χ0v) is 12.5. The van der Waals surface area contributed by atoms with Gasteiger partial charge in [0.25, 0.3) is 0 Å². The molecule has 4 aromatic rings. The van der Waals surface area contributed by atoms with Gasteiger partial charge in [0, 0.05) is 13.2 Å². The van der Waals surface area contributed by atoms with Crippen molar-refractivity contribution in [2.24, 2.45) is 7.05 Å². The quantitative estimate of drug-likeness (QED) is 0.624. The summed E-state index contributed by atoms with van der Waals surface area (Å²) in [7, 11) is 1.86. The maximum absolute atomic E-state index is 5.35. The third-order valence-corrected chi connectivity index (χ3v) is 3.50. The summed E-state index contributed by atoms with van der Waals surface area (Å²) in [4.78, 5) is 13.5. The van der Waals surface area contributed by atoms with Gasteiger partial charge in [-0.25, -0.2) is 9.97 Å². The van der Waals surface area contributed by atoms with Crippen molar-refractivity contribution in [3.63, 3.8) is 0 Å². The molecular weight excluding hydrogens is 292 g/mol. The molecule has 0 aliphatic carbocycles. The lowest BCUT2D eigenvalue weighted by Gasteiger charge is -2.07. The fourth-order valence-corrected chi connectivity index (χ4v) is 2.35. The van der Waals surface area contributed by atoms with Crippen LogP contribution in [0.5, 0.6) is 0 Å². The highest BCUT2D eigenvalue weighted by atomic mass is 16.3. The Morgan fingerprint density at radius 2 is 2.13 bits per heavy atom. The Labute approximate surface area is 132 Å². The molecule has 4 heterocycles. The van der Waals surface area contributed by atoms with Crippen molar-refractivity contribution in [1.29, 1.82) is 0 Å². The molecule has 0 atom stereocenters. The van der Waals surface area contributed by atoms with E-state index in [9.17, 15) is 0 Å². The molecule has 7 heteroatoms. The fraction of sp³-hybridized carbons (Fsp3) is 0.125.